The summed E-state index contributed by atoms with van der Waals surface area (Å²) < 4.78 is 0. The molecule has 0 aromatic heterocycles. The normalized spacial score (nSPS) is 27.8. The minimum Gasteiger partial charge on any atom is -0.481 e. The molecule has 3 N–H and O–H groups in total. The van der Waals surface area contributed by atoms with Gasteiger partial charge in [-0.05, 0) is 56.6 Å². The van der Waals surface area contributed by atoms with Crippen molar-refractivity contribution in [3.05, 3.63) is 29.3 Å². The van der Waals surface area contributed by atoms with Crippen molar-refractivity contribution in [1.29, 1.82) is 0 Å². The molecule has 0 spiro atoms. The number of carbonyl (C=O) groups excluding carboxylic acids is 5. The number of likely N-dealkylation sites (tertiary alicyclic amines) is 1. The number of anilines is 1. The molecule has 196 valence electrons. The lowest BCUT2D eigenvalue weighted by Gasteiger charge is -2.32. The average molecular weight is 511 g/mol. The number of benzene rings is 1. The van der Waals surface area contributed by atoms with Crippen LogP contribution in [0.3, 0.4) is 0 Å². The van der Waals surface area contributed by atoms with Gasteiger partial charge in [0.05, 0.1) is 11.1 Å². The molecule has 1 saturated carbocycles. The molecule has 1 unspecified atom stereocenters. The number of imide groups is 2. The van der Waals surface area contributed by atoms with Gasteiger partial charge in [-0.25, -0.2) is 0 Å². The van der Waals surface area contributed by atoms with E-state index in [0.717, 1.165) is 11.3 Å². The third-order valence-electron chi connectivity index (χ3n) is 7.96. The summed E-state index contributed by atoms with van der Waals surface area (Å²) in [5.41, 5.74) is 0.988. The van der Waals surface area contributed by atoms with Gasteiger partial charge >= 0.3 is 5.97 Å². The van der Waals surface area contributed by atoms with Gasteiger partial charge in [0.2, 0.25) is 17.7 Å². The van der Waals surface area contributed by atoms with Gasteiger partial charge in [-0.1, -0.05) is 6.07 Å². The third kappa shape index (κ3) is 4.82. The number of amides is 5. The first kappa shape index (κ1) is 24.9. The maximum absolute atomic E-state index is 13.3. The fourth-order valence-electron chi connectivity index (χ4n) is 6.04. The minimum atomic E-state index is -1.01. The molecule has 0 radical (unpaired) electrons. The number of fused-ring (bicyclic) bond motifs is 1. The Bertz CT molecular complexity index is 1170. The number of nitrogens with one attached hydrogen (secondary N) is 2. The number of aliphatic carboxylic acids is 1. The molecule has 1 aromatic carbocycles. The highest BCUT2D eigenvalue weighted by Gasteiger charge is 2.46. The largest absolute Gasteiger partial charge is 0.481 e. The van der Waals surface area contributed by atoms with E-state index in [4.69, 9.17) is 5.11 Å². The summed E-state index contributed by atoms with van der Waals surface area (Å²) in [5, 5.41) is 14.6. The molecular weight excluding hydrogens is 480 g/mol. The van der Waals surface area contributed by atoms with Crippen molar-refractivity contribution in [3.63, 3.8) is 0 Å². The van der Waals surface area contributed by atoms with E-state index in [9.17, 15) is 28.8 Å². The molecule has 2 atom stereocenters. The van der Waals surface area contributed by atoms with E-state index in [0.29, 0.717) is 44.5 Å². The molecule has 3 aliphatic heterocycles. The summed E-state index contributed by atoms with van der Waals surface area (Å²) >= 11 is 0. The van der Waals surface area contributed by atoms with Gasteiger partial charge in [-0.2, -0.15) is 0 Å². The molecule has 5 rings (SSSR count). The van der Waals surface area contributed by atoms with Crippen LogP contribution in [0.5, 0.6) is 0 Å². The summed E-state index contributed by atoms with van der Waals surface area (Å²) in [6, 6.07) is 4.00. The van der Waals surface area contributed by atoms with Crippen LogP contribution < -0.4 is 10.6 Å². The van der Waals surface area contributed by atoms with Crippen LogP contribution in [-0.4, -0.2) is 75.6 Å². The van der Waals surface area contributed by atoms with Crippen LogP contribution in [0, 0.1) is 11.8 Å². The van der Waals surface area contributed by atoms with Crippen LogP contribution in [0.25, 0.3) is 0 Å². The van der Waals surface area contributed by atoms with Crippen LogP contribution in [0.4, 0.5) is 5.69 Å². The first-order valence-corrected chi connectivity index (χ1v) is 12.8. The number of hydrogen-bond acceptors (Lipinski definition) is 7. The van der Waals surface area contributed by atoms with E-state index in [2.05, 4.69) is 10.6 Å². The smallest absolute Gasteiger partial charge is 0.303 e. The zero-order valence-electron chi connectivity index (χ0n) is 20.4. The number of carbonyl (C=O) groups is 6. The lowest BCUT2D eigenvalue weighted by Crippen LogP contribution is -2.54. The number of hydrogen-bond donors (Lipinski definition) is 3. The zero-order valence-corrected chi connectivity index (χ0v) is 20.4. The Hall–Kier alpha value is -3.76. The quantitative estimate of drug-likeness (QED) is 0.485. The van der Waals surface area contributed by atoms with Gasteiger partial charge in [0.25, 0.3) is 11.8 Å². The highest BCUT2D eigenvalue weighted by Crippen LogP contribution is 2.35. The molecule has 11 heteroatoms. The second-order valence-corrected chi connectivity index (χ2v) is 10.4. The van der Waals surface area contributed by atoms with E-state index in [1.54, 1.807) is 23.1 Å². The Morgan fingerprint density at radius 3 is 2.46 bits per heavy atom. The molecular formula is C26H30N4O7. The second kappa shape index (κ2) is 9.95. The predicted octanol–water partition coefficient (Wildman–Crippen LogP) is 1.38. The van der Waals surface area contributed by atoms with E-state index in [-0.39, 0.29) is 54.2 Å². The molecule has 11 nitrogen and oxygen atoms in total. The fraction of sp³-hybridized carbons (Fsp3) is 0.538. The second-order valence-electron chi connectivity index (χ2n) is 10.4. The minimum absolute atomic E-state index is 0.0135. The molecule has 5 amide bonds. The number of rotatable bonds is 6. The highest BCUT2D eigenvalue weighted by molar-refractivity contribution is 6.25. The van der Waals surface area contributed by atoms with Gasteiger partial charge in [0.1, 0.15) is 6.04 Å². The lowest BCUT2D eigenvalue weighted by atomic mass is 9.85. The fourth-order valence-corrected chi connectivity index (χ4v) is 6.04. The van der Waals surface area contributed by atoms with Crippen molar-refractivity contribution >= 4 is 41.2 Å². The zero-order chi connectivity index (χ0) is 26.3. The number of nitrogens with zero attached hydrogens (tertiary/aromatic N) is 2. The number of carboxylic acids is 1. The molecule has 0 bridgehead atoms. The first-order chi connectivity index (χ1) is 17.7. The number of piperidine rings is 1. The molecule has 37 heavy (non-hydrogen) atoms. The van der Waals surface area contributed by atoms with Crippen molar-refractivity contribution in [1.82, 2.24) is 15.1 Å². The topological polar surface area (TPSA) is 153 Å². The predicted molar refractivity (Wildman–Crippen MR) is 129 cm³/mol. The summed E-state index contributed by atoms with van der Waals surface area (Å²) in [6.45, 7) is 1.10. The van der Waals surface area contributed by atoms with Gasteiger partial charge in [0, 0.05) is 43.6 Å². The molecule has 1 aromatic rings. The summed E-state index contributed by atoms with van der Waals surface area (Å²) in [4.78, 5) is 76.9. The molecule has 3 fully saturated rings. The summed E-state index contributed by atoms with van der Waals surface area (Å²) in [6.07, 6.45) is 3.76. The van der Waals surface area contributed by atoms with Crippen molar-refractivity contribution in [2.75, 3.05) is 18.4 Å². The van der Waals surface area contributed by atoms with E-state index >= 15 is 0 Å². The molecule has 1 aliphatic carbocycles. The van der Waals surface area contributed by atoms with Crippen molar-refractivity contribution in [2.24, 2.45) is 11.8 Å². The standard InChI is InChI=1S/C26H30N4O7/c31-20-9-8-19(23(34)28-20)30-25(36)17-2-1-3-18(22(17)26(30)37)27-16-6-4-15(5-7-16)24(35)29-11-10-14(13-29)12-21(32)33/h1-3,14-16,19,27H,4-13H2,(H,32,33)(H,28,31,34)/t14-,15-,16-,19?/m1/s1. The lowest BCUT2D eigenvalue weighted by molar-refractivity contribution is -0.139. The van der Waals surface area contributed by atoms with E-state index in [1.165, 1.54) is 0 Å². The maximum Gasteiger partial charge on any atom is 0.303 e. The van der Waals surface area contributed by atoms with Gasteiger partial charge in [-0.3, -0.25) is 39.0 Å². The third-order valence-corrected chi connectivity index (χ3v) is 7.96. The van der Waals surface area contributed by atoms with Crippen molar-refractivity contribution in [3.8, 4) is 0 Å². The van der Waals surface area contributed by atoms with Crippen LogP contribution in [0.1, 0.15) is 72.1 Å². The number of carboxylic acid groups (broad SMARTS) is 1. The Morgan fingerprint density at radius 1 is 1.00 bits per heavy atom. The Labute approximate surface area is 213 Å². The van der Waals surface area contributed by atoms with Gasteiger partial charge in [0.15, 0.2) is 0 Å². The van der Waals surface area contributed by atoms with Gasteiger partial charge in [-0.15, -0.1) is 0 Å². The Balaban J connectivity index is 1.21. The Kier molecular flexibility index (Phi) is 6.70. The van der Waals surface area contributed by atoms with Gasteiger partial charge < -0.3 is 15.3 Å². The highest BCUT2D eigenvalue weighted by atomic mass is 16.4. The Morgan fingerprint density at radius 2 is 1.76 bits per heavy atom. The van der Waals surface area contributed by atoms with E-state index < -0.39 is 35.6 Å². The average Bonchev–Trinajstić information content (AvgIpc) is 3.42. The van der Waals surface area contributed by atoms with Crippen molar-refractivity contribution < 1.29 is 33.9 Å². The monoisotopic (exact) mass is 510 g/mol. The van der Waals surface area contributed by atoms with Crippen LogP contribution >= 0.6 is 0 Å². The van der Waals surface area contributed by atoms with Crippen LogP contribution in [0.2, 0.25) is 0 Å². The first-order valence-electron chi connectivity index (χ1n) is 12.8. The van der Waals surface area contributed by atoms with E-state index in [1.807, 2.05) is 0 Å². The summed E-state index contributed by atoms with van der Waals surface area (Å²) in [5.74, 6) is -2.99. The van der Waals surface area contributed by atoms with Crippen molar-refractivity contribution in [2.45, 2.75) is 63.5 Å². The SMILES string of the molecule is O=C(O)C[C@H]1CCN(C(=O)[C@H]2CC[C@H](Nc3cccc4c3C(=O)N(C3CCC(=O)NC3=O)C4=O)CC2)C1. The molecule has 2 saturated heterocycles. The van der Waals surface area contributed by atoms with Crippen LogP contribution in [-0.2, 0) is 19.2 Å². The molecule has 3 heterocycles. The molecule has 4 aliphatic rings. The van der Waals surface area contributed by atoms with Crippen LogP contribution in [0.15, 0.2) is 18.2 Å². The summed E-state index contributed by atoms with van der Waals surface area (Å²) in [7, 11) is 0. The maximum atomic E-state index is 13.3.